The van der Waals surface area contributed by atoms with E-state index < -0.39 is 0 Å². The molecular formula is C8H13N3O. The standard InChI is InChI=1S/C8H13N3O/c9-4-8-10-5-6-7(12)2-1-3-11(6)8/h5,7,12H,1-4,9H2. The van der Waals surface area contributed by atoms with E-state index in [1.54, 1.807) is 6.20 Å². The first-order chi connectivity index (χ1) is 5.83. The SMILES string of the molecule is NCc1ncc2n1CCCC2O. The number of aliphatic hydroxyl groups excluding tert-OH is 1. The Morgan fingerprint density at radius 2 is 2.58 bits per heavy atom. The minimum absolute atomic E-state index is 0.341. The van der Waals surface area contributed by atoms with Gasteiger partial charge in [0.25, 0.3) is 0 Å². The fourth-order valence-corrected chi connectivity index (χ4v) is 1.71. The Bertz CT molecular complexity index is 282. The van der Waals surface area contributed by atoms with Crippen molar-refractivity contribution in [2.45, 2.75) is 32.0 Å². The van der Waals surface area contributed by atoms with Crippen LogP contribution < -0.4 is 5.73 Å². The Morgan fingerprint density at radius 3 is 3.33 bits per heavy atom. The summed E-state index contributed by atoms with van der Waals surface area (Å²) in [5, 5.41) is 9.57. The summed E-state index contributed by atoms with van der Waals surface area (Å²) < 4.78 is 2.02. The molecule has 0 bridgehead atoms. The van der Waals surface area contributed by atoms with Gasteiger partial charge in [0, 0.05) is 6.54 Å². The summed E-state index contributed by atoms with van der Waals surface area (Å²) in [7, 11) is 0. The van der Waals surface area contributed by atoms with Crippen LogP contribution in [0.2, 0.25) is 0 Å². The van der Waals surface area contributed by atoms with Crippen molar-refractivity contribution < 1.29 is 5.11 Å². The molecule has 1 aliphatic heterocycles. The van der Waals surface area contributed by atoms with Crippen LogP contribution in [0.25, 0.3) is 0 Å². The zero-order chi connectivity index (χ0) is 8.55. The van der Waals surface area contributed by atoms with E-state index in [1.807, 2.05) is 4.57 Å². The molecule has 1 aromatic rings. The number of fused-ring (bicyclic) bond motifs is 1. The van der Waals surface area contributed by atoms with E-state index in [1.165, 1.54) is 0 Å². The number of nitrogens with two attached hydrogens (primary N) is 1. The summed E-state index contributed by atoms with van der Waals surface area (Å²) >= 11 is 0. The van der Waals surface area contributed by atoms with Gasteiger partial charge in [0.05, 0.1) is 24.5 Å². The highest BCUT2D eigenvalue weighted by molar-refractivity contribution is 5.10. The fraction of sp³-hybridized carbons (Fsp3) is 0.625. The number of aromatic nitrogens is 2. The summed E-state index contributed by atoms with van der Waals surface area (Å²) in [6.45, 7) is 1.39. The summed E-state index contributed by atoms with van der Waals surface area (Å²) in [6.07, 6.45) is 3.24. The highest BCUT2D eigenvalue weighted by Gasteiger charge is 2.20. The average Bonchev–Trinajstić information content (AvgIpc) is 2.49. The average molecular weight is 167 g/mol. The lowest BCUT2D eigenvalue weighted by molar-refractivity contribution is 0.138. The third kappa shape index (κ3) is 1.04. The van der Waals surface area contributed by atoms with E-state index in [2.05, 4.69) is 4.98 Å². The van der Waals surface area contributed by atoms with Gasteiger partial charge in [-0.2, -0.15) is 0 Å². The molecule has 2 heterocycles. The Morgan fingerprint density at radius 1 is 1.75 bits per heavy atom. The van der Waals surface area contributed by atoms with Crippen LogP contribution in [0.5, 0.6) is 0 Å². The van der Waals surface area contributed by atoms with Crippen LogP contribution in [0.15, 0.2) is 6.20 Å². The van der Waals surface area contributed by atoms with Crippen molar-refractivity contribution in [2.24, 2.45) is 5.73 Å². The molecule has 12 heavy (non-hydrogen) atoms. The summed E-state index contributed by atoms with van der Waals surface area (Å²) in [4.78, 5) is 4.14. The minimum Gasteiger partial charge on any atom is -0.387 e. The second-order valence-corrected chi connectivity index (χ2v) is 3.11. The van der Waals surface area contributed by atoms with Crippen molar-refractivity contribution in [3.63, 3.8) is 0 Å². The van der Waals surface area contributed by atoms with Gasteiger partial charge in [-0.3, -0.25) is 0 Å². The van der Waals surface area contributed by atoms with Crippen LogP contribution in [0, 0.1) is 0 Å². The van der Waals surface area contributed by atoms with E-state index in [-0.39, 0.29) is 6.10 Å². The molecule has 0 aromatic carbocycles. The number of nitrogens with zero attached hydrogens (tertiary/aromatic N) is 2. The van der Waals surface area contributed by atoms with E-state index in [4.69, 9.17) is 5.73 Å². The van der Waals surface area contributed by atoms with E-state index in [0.717, 1.165) is 30.9 Å². The maximum absolute atomic E-state index is 9.57. The van der Waals surface area contributed by atoms with Crippen LogP contribution in [0.1, 0.15) is 30.5 Å². The molecule has 0 radical (unpaired) electrons. The monoisotopic (exact) mass is 167 g/mol. The summed E-state index contributed by atoms with van der Waals surface area (Å²) in [5.41, 5.74) is 6.42. The van der Waals surface area contributed by atoms with Gasteiger partial charge in [0.15, 0.2) is 0 Å². The summed E-state index contributed by atoms with van der Waals surface area (Å²) in [5.74, 6) is 0.878. The molecule has 1 aliphatic rings. The second kappa shape index (κ2) is 2.88. The van der Waals surface area contributed by atoms with Crippen molar-refractivity contribution in [3.05, 3.63) is 17.7 Å². The maximum atomic E-state index is 9.57. The quantitative estimate of drug-likeness (QED) is 0.626. The molecule has 4 nitrogen and oxygen atoms in total. The molecule has 1 unspecified atom stereocenters. The molecule has 2 rings (SSSR count). The lowest BCUT2D eigenvalue weighted by Gasteiger charge is -2.20. The van der Waals surface area contributed by atoms with E-state index >= 15 is 0 Å². The molecule has 66 valence electrons. The van der Waals surface area contributed by atoms with Crippen molar-refractivity contribution in [1.82, 2.24) is 9.55 Å². The molecule has 0 fully saturated rings. The van der Waals surface area contributed by atoms with Crippen molar-refractivity contribution in [1.29, 1.82) is 0 Å². The first-order valence-corrected chi connectivity index (χ1v) is 4.25. The zero-order valence-corrected chi connectivity index (χ0v) is 6.90. The van der Waals surface area contributed by atoms with Gasteiger partial charge in [0.2, 0.25) is 0 Å². The van der Waals surface area contributed by atoms with Crippen molar-refractivity contribution in [3.8, 4) is 0 Å². The number of hydrogen-bond acceptors (Lipinski definition) is 3. The van der Waals surface area contributed by atoms with Crippen LogP contribution in [0.3, 0.4) is 0 Å². The molecule has 1 atom stereocenters. The lowest BCUT2D eigenvalue weighted by atomic mass is 10.1. The highest BCUT2D eigenvalue weighted by Crippen LogP contribution is 2.25. The topological polar surface area (TPSA) is 64.1 Å². The molecule has 1 aromatic heterocycles. The molecule has 4 heteroatoms. The molecule has 0 saturated heterocycles. The minimum atomic E-state index is -0.341. The maximum Gasteiger partial charge on any atom is 0.122 e. The van der Waals surface area contributed by atoms with Gasteiger partial charge in [-0.15, -0.1) is 0 Å². The van der Waals surface area contributed by atoms with Crippen molar-refractivity contribution in [2.75, 3.05) is 0 Å². The molecule has 0 saturated carbocycles. The number of rotatable bonds is 1. The molecule has 0 spiro atoms. The molecular weight excluding hydrogens is 154 g/mol. The third-order valence-electron chi connectivity index (χ3n) is 2.35. The van der Waals surface area contributed by atoms with Crippen molar-refractivity contribution >= 4 is 0 Å². The largest absolute Gasteiger partial charge is 0.387 e. The first kappa shape index (κ1) is 7.76. The van der Waals surface area contributed by atoms with Gasteiger partial charge in [0.1, 0.15) is 5.82 Å². The predicted molar refractivity (Wildman–Crippen MR) is 44.3 cm³/mol. The highest BCUT2D eigenvalue weighted by atomic mass is 16.3. The van der Waals surface area contributed by atoms with Crippen LogP contribution in [0.4, 0.5) is 0 Å². The van der Waals surface area contributed by atoms with E-state index in [0.29, 0.717) is 6.54 Å². The van der Waals surface area contributed by atoms with Gasteiger partial charge in [-0.05, 0) is 12.8 Å². The number of imidazole rings is 1. The first-order valence-electron chi connectivity index (χ1n) is 4.25. The number of aliphatic hydroxyl groups is 1. The van der Waals surface area contributed by atoms with Gasteiger partial charge in [-0.1, -0.05) is 0 Å². The predicted octanol–water partition coefficient (Wildman–Crippen LogP) is 0.169. The van der Waals surface area contributed by atoms with Crippen LogP contribution in [-0.2, 0) is 13.1 Å². The fourth-order valence-electron chi connectivity index (χ4n) is 1.71. The van der Waals surface area contributed by atoms with Gasteiger partial charge < -0.3 is 15.4 Å². The Kier molecular flexibility index (Phi) is 1.86. The summed E-state index contributed by atoms with van der Waals surface area (Å²) in [6, 6.07) is 0. The lowest BCUT2D eigenvalue weighted by Crippen LogP contribution is -2.18. The Hall–Kier alpha value is -0.870. The second-order valence-electron chi connectivity index (χ2n) is 3.11. The smallest absolute Gasteiger partial charge is 0.122 e. The Balaban J connectivity index is 2.41. The van der Waals surface area contributed by atoms with E-state index in [9.17, 15) is 5.11 Å². The van der Waals surface area contributed by atoms with Crippen LogP contribution in [-0.4, -0.2) is 14.7 Å². The molecule has 0 amide bonds. The van der Waals surface area contributed by atoms with Crippen LogP contribution >= 0.6 is 0 Å². The molecule has 3 N–H and O–H groups in total. The van der Waals surface area contributed by atoms with Gasteiger partial charge in [-0.25, -0.2) is 4.98 Å². The third-order valence-corrected chi connectivity index (χ3v) is 2.35. The zero-order valence-electron chi connectivity index (χ0n) is 6.90. The number of hydrogen-bond donors (Lipinski definition) is 2. The normalized spacial score (nSPS) is 22.3. The van der Waals surface area contributed by atoms with Gasteiger partial charge >= 0.3 is 0 Å². The Labute approximate surface area is 71.0 Å². The molecule has 0 aliphatic carbocycles.